The van der Waals surface area contributed by atoms with E-state index in [1.807, 2.05) is 6.92 Å². The Kier molecular flexibility index (Phi) is 7.94. The summed E-state index contributed by atoms with van der Waals surface area (Å²) < 4.78 is 47.0. The van der Waals surface area contributed by atoms with Crippen LogP contribution >= 0.6 is 22.6 Å². The summed E-state index contributed by atoms with van der Waals surface area (Å²) in [6, 6.07) is 4.76. The highest BCUT2D eigenvalue weighted by atomic mass is 127. The normalized spacial score (nSPS) is 19.4. The fraction of sp³-hybridized carbons (Fsp3) is 0.593. The minimum atomic E-state index is -4.42. The van der Waals surface area contributed by atoms with Gasteiger partial charge in [-0.05, 0) is 83.1 Å². The van der Waals surface area contributed by atoms with E-state index in [4.69, 9.17) is 9.41 Å². The summed E-state index contributed by atoms with van der Waals surface area (Å²) in [7, 11) is -2.10. The van der Waals surface area contributed by atoms with Gasteiger partial charge in [-0.2, -0.15) is 13.2 Å². The summed E-state index contributed by atoms with van der Waals surface area (Å²) in [4.78, 5) is 5.02. The SMILES string of the molecule is CCc1nc2c(c(I)c1[C@H](O)c1ccc(C(F)(F)F)cc1)C(O[Si](C)(C)C(C)(C)C)CC(C)(C)C2. The number of rotatable bonds is 5. The number of fused-ring (bicyclic) bond motifs is 1. The van der Waals surface area contributed by atoms with Crippen molar-refractivity contribution in [1.29, 1.82) is 0 Å². The molecular weight excluding hydrogens is 582 g/mol. The number of nitrogens with zero attached hydrogens (tertiary/aromatic N) is 1. The lowest BCUT2D eigenvalue weighted by Crippen LogP contribution is -2.44. The van der Waals surface area contributed by atoms with E-state index >= 15 is 0 Å². The van der Waals surface area contributed by atoms with Crippen molar-refractivity contribution in [2.24, 2.45) is 5.41 Å². The summed E-state index contributed by atoms with van der Waals surface area (Å²) >= 11 is 2.29. The van der Waals surface area contributed by atoms with E-state index in [1.54, 1.807) is 0 Å². The van der Waals surface area contributed by atoms with Crippen LogP contribution in [0.1, 0.15) is 93.8 Å². The van der Waals surface area contributed by atoms with Crippen LogP contribution in [0, 0.1) is 8.99 Å². The van der Waals surface area contributed by atoms with Gasteiger partial charge in [-0.15, -0.1) is 0 Å². The van der Waals surface area contributed by atoms with Crippen LogP contribution in [-0.4, -0.2) is 18.4 Å². The topological polar surface area (TPSA) is 42.4 Å². The van der Waals surface area contributed by atoms with Crippen molar-refractivity contribution >= 4 is 30.9 Å². The number of aromatic nitrogens is 1. The third kappa shape index (κ3) is 5.96. The van der Waals surface area contributed by atoms with Gasteiger partial charge >= 0.3 is 6.18 Å². The number of halogens is 4. The molecule has 0 aliphatic heterocycles. The van der Waals surface area contributed by atoms with Crippen LogP contribution in [0.2, 0.25) is 18.1 Å². The zero-order valence-electron chi connectivity index (χ0n) is 21.9. The Hall–Kier alpha value is -0.973. The molecule has 1 aromatic carbocycles. The largest absolute Gasteiger partial charge is 0.416 e. The first-order chi connectivity index (χ1) is 15.9. The van der Waals surface area contributed by atoms with E-state index in [0.29, 0.717) is 17.5 Å². The first-order valence-corrected chi connectivity index (χ1v) is 16.1. The Morgan fingerprint density at radius 2 is 1.74 bits per heavy atom. The summed E-state index contributed by atoms with van der Waals surface area (Å²) in [6.45, 7) is 17.6. The minimum absolute atomic E-state index is 0.0225. The number of pyridine rings is 1. The minimum Gasteiger partial charge on any atom is -0.410 e. The fourth-order valence-corrected chi connectivity index (χ4v) is 7.01. The van der Waals surface area contributed by atoms with Gasteiger partial charge in [-0.25, -0.2) is 0 Å². The highest BCUT2D eigenvalue weighted by molar-refractivity contribution is 14.1. The van der Waals surface area contributed by atoms with Gasteiger partial charge in [0, 0.05) is 26.1 Å². The van der Waals surface area contributed by atoms with Gasteiger partial charge in [0.15, 0.2) is 8.32 Å². The van der Waals surface area contributed by atoms with E-state index < -0.39 is 26.2 Å². The molecule has 0 saturated heterocycles. The van der Waals surface area contributed by atoms with Gasteiger partial charge in [0.25, 0.3) is 0 Å². The number of aryl methyl sites for hydroxylation is 1. The van der Waals surface area contributed by atoms with Crippen molar-refractivity contribution < 1.29 is 22.7 Å². The van der Waals surface area contributed by atoms with Crippen molar-refractivity contribution in [3.63, 3.8) is 0 Å². The smallest absolute Gasteiger partial charge is 0.410 e. The Balaban J connectivity index is 2.13. The number of hydrogen-bond donors (Lipinski definition) is 1. The standard InChI is InChI=1S/C27H37F3INO2Si/c1-9-18-22(24(33)16-10-12-17(13-11-16)27(28,29)30)23(31)21-19(32-18)14-26(5,6)15-20(21)34-35(7,8)25(2,3)4/h10-13,20,24,33H,9,14-15H2,1-8H3/t20?,24-/m1/s1. The second kappa shape index (κ2) is 9.72. The van der Waals surface area contributed by atoms with Gasteiger partial charge in [-0.3, -0.25) is 4.98 Å². The molecule has 0 spiro atoms. The summed E-state index contributed by atoms with van der Waals surface area (Å²) in [5, 5.41) is 11.4. The van der Waals surface area contributed by atoms with Crippen LogP contribution in [-0.2, 0) is 23.4 Å². The average molecular weight is 620 g/mol. The summed E-state index contributed by atoms with van der Waals surface area (Å²) in [6.07, 6.45) is -3.34. The molecule has 0 saturated carbocycles. The van der Waals surface area contributed by atoms with E-state index in [-0.39, 0.29) is 16.6 Å². The molecule has 1 aliphatic rings. The fourth-order valence-electron chi connectivity index (χ4n) is 4.47. The van der Waals surface area contributed by atoms with Crippen LogP contribution in [0.5, 0.6) is 0 Å². The maximum absolute atomic E-state index is 13.1. The molecule has 3 nitrogen and oxygen atoms in total. The predicted octanol–water partition coefficient (Wildman–Crippen LogP) is 8.38. The van der Waals surface area contributed by atoms with Crippen molar-refractivity contribution in [2.75, 3.05) is 0 Å². The molecule has 2 atom stereocenters. The molecule has 0 radical (unpaired) electrons. The summed E-state index contributed by atoms with van der Waals surface area (Å²) in [5.41, 5.74) is 3.22. The van der Waals surface area contributed by atoms with E-state index in [1.165, 1.54) is 12.1 Å². The lowest BCUT2D eigenvalue weighted by Gasteiger charge is -2.44. The highest BCUT2D eigenvalue weighted by Crippen LogP contribution is 2.49. The second-order valence-corrected chi connectivity index (χ2v) is 17.8. The molecule has 1 unspecified atom stereocenters. The molecule has 2 aromatic rings. The molecule has 0 bridgehead atoms. The Bertz CT molecular complexity index is 1080. The molecule has 1 aromatic heterocycles. The Morgan fingerprint density at radius 1 is 1.17 bits per heavy atom. The number of aliphatic hydroxyl groups excluding tert-OH is 1. The number of hydrogen-bond acceptors (Lipinski definition) is 3. The van der Waals surface area contributed by atoms with Crippen molar-refractivity contribution in [1.82, 2.24) is 4.98 Å². The lowest BCUT2D eigenvalue weighted by molar-refractivity contribution is -0.137. The molecule has 1 heterocycles. The van der Waals surface area contributed by atoms with Crippen LogP contribution in [0.3, 0.4) is 0 Å². The zero-order chi connectivity index (χ0) is 26.6. The van der Waals surface area contributed by atoms with E-state index in [0.717, 1.165) is 45.5 Å². The lowest BCUT2D eigenvalue weighted by atomic mass is 9.74. The van der Waals surface area contributed by atoms with Crippen LogP contribution in [0.25, 0.3) is 0 Å². The second-order valence-electron chi connectivity index (χ2n) is 11.9. The number of benzene rings is 1. The number of aliphatic hydroxyl groups is 1. The van der Waals surface area contributed by atoms with Crippen molar-refractivity contribution in [3.8, 4) is 0 Å². The summed E-state index contributed by atoms with van der Waals surface area (Å²) in [5.74, 6) is 0. The molecule has 35 heavy (non-hydrogen) atoms. The average Bonchev–Trinajstić information content (AvgIpc) is 2.70. The van der Waals surface area contributed by atoms with E-state index in [9.17, 15) is 18.3 Å². The van der Waals surface area contributed by atoms with Gasteiger partial charge < -0.3 is 9.53 Å². The van der Waals surface area contributed by atoms with E-state index in [2.05, 4.69) is 70.3 Å². The van der Waals surface area contributed by atoms with Crippen LogP contribution < -0.4 is 0 Å². The quantitative estimate of drug-likeness (QED) is 0.270. The molecule has 0 fully saturated rings. The molecule has 194 valence electrons. The Morgan fingerprint density at radius 3 is 2.23 bits per heavy atom. The maximum atomic E-state index is 13.1. The highest BCUT2D eigenvalue weighted by Gasteiger charge is 2.44. The molecule has 8 heteroatoms. The maximum Gasteiger partial charge on any atom is 0.416 e. The van der Waals surface area contributed by atoms with Crippen molar-refractivity contribution in [2.45, 2.75) is 97.3 Å². The van der Waals surface area contributed by atoms with Crippen molar-refractivity contribution in [3.05, 3.63) is 61.5 Å². The first kappa shape index (κ1) is 28.6. The zero-order valence-corrected chi connectivity index (χ0v) is 25.1. The predicted molar refractivity (Wildman–Crippen MR) is 145 cm³/mol. The van der Waals surface area contributed by atoms with Crippen LogP contribution in [0.15, 0.2) is 24.3 Å². The molecule has 1 N–H and O–H groups in total. The van der Waals surface area contributed by atoms with Gasteiger partial charge in [-0.1, -0.05) is 53.7 Å². The Labute approximate surface area is 222 Å². The molecule has 1 aliphatic carbocycles. The van der Waals surface area contributed by atoms with Gasteiger partial charge in [0.1, 0.15) is 6.10 Å². The third-order valence-electron chi connectivity index (χ3n) is 7.48. The van der Waals surface area contributed by atoms with Crippen LogP contribution in [0.4, 0.5) is 13.2 Å². The molecular formula is C27H37F3INO2Si. The first-order valence-electron chi connectivity index (χ1n) is 12.1. The van der Waals surface area contributed by atoms with Gasteiger partial charge in [0.05, 0.1) is 11.7 Å². The third-order valence-corrected chi connectivity index (χ3v) is 13.1. The van der Waals surface area contributed by atoms with Gasteiger partial charge in [0.2, 0.25) is 0 Å². The monoisotopic (exact) mass is 619 g/mol. The molecule has 3 rings (SSSR count). The molecule has 0 amide bonds. The number of alkyl halides is 3.